The first-order valence-electron chi connectivity index (χ1n) is 2.34. The Balaban J connectivity index is 3.13. The van der Waals surface area contributed by atoms with Crippen LogP contribution >= 0.6 is 0 Å². The second-order valence-corrected chi connectivity index (χ2v) is 1.99. The minimum atomic E-state index is -0.713. The second kappa shape index (κ2) is 2.61. The lowest BCUT2D eigenvalue weighted by atomic mass is 10.2. The molecule has 0 aliphatic heterocycles. The van der Waals surface area contributed by atoms with Crippen molar-refractivity contribution in [3.05, 3.63) is 0 Å². The molecule has 0 aromatic heterocycles. The van der Waals surface area contributed by atoms with E-state index in [0.717, 1.165) is 0 Å². The fourth-order valence-electron chi connectivity index (χ4n) is 0.349. The Bertz CT molecular complexity index is 66.5. The van der Waals surface area contributed by atoms with Gasteiger partial charge in [0.05, 0.1) is 0 Å². The smallest absolute Gasteiger partial charge is 0.303 e. The summed E-state index contributed by atoms with van der Waals surface area (Å²) in [5.41, 5.74) is 0. The quantitative estimate of drug-likeness (QED) is 0.531. The molecule has 0 bridgehead atoms. The zero-order valence-electron chi connectivity index (χ0n) is 4.64. The summed E-state index contributed by atoms with van der Waals surface area (Å²) in [4.78, 5) is 9.81. The van der Waals surface area contributed by atoms with Crippen molar-refractivity contribution >= 4 is 5.97 Å². The van der Waals surface area contributed by atoms with Gasteiger partial charge in [0.25, 0.3) is 0 Å². The maximum atomic E-state index is 9.81. The van der Waals surface area contributed by atoms with Crippen molar-refractivity contribution in [1.82, 2.24) is 0 Å². The Morgan fingerprint density at radius 3 is 2.14 bits per heavy atom. The van der Waals surface area contributed by atoms with E-state index in [0.29, 0.717) is 0 Å². The lowest BCUT2D eigenvalue weighted by Crippen LogP contribution is -1.99. The van der Waals surface area contributed by atoms with Crippen LogP contribution in [0, 0.1) is 5.92 Å². The predicted octanol–water partition coefficient (Wildman–Crippen LogP) is 1.12. The van der Waals surface area contributed by atoms with Crippen molar-refractivity contribution in [2.75, 3.05) is 0 Å². The summed E-state index contributed by atoms with van der Waals surface area (Å²) in [5.74, 6) is -0.438. The Morgan fingerprint density at radius 1 is 1.71 bits per heavy atom. The third-order valence-corrected chi connectivity index (χ3v) is 0.583. The van der Waals surface area contributed by atoms with Crippen LogP contribution in [0.15, 0.2) is 0 Å². The minimum Gasteiger partial charge on any atom is -0.481 e. The highest BCUT2D eigenvalue weighted by Gasteiger charge is 1.98. The largest absolute Gasteiger partial charge is 0.481 e. The van der Waals surface area contributed by atoms with Gasteiger partial charge in [0.2, 0.25) is 0 Å². The van der Waals surface area contributed by atoms with E-state index in [1.807, 2.05) is 13.8 Å². The van der Waals surface area contributed by atoms with Crippen LogP contribution in [0.1, 0.15) is 20.3 Å². The molecule has 0 atom stereocenters. The number of aliphatic carboxylic acids is 1. The third kappa shape index (κ3) is 5.47. The highest BCUT2D eigenvalue weighted by Crippen LogP contribution is 1.96. The molecule has 0 saturated carbocycles. The molecule has 0 radical (unpaired) electrons. The van der Waals surface area contributed by atoms with E-state index in [-0.39, 0.29) is 12.3 Å². The molecule has 0 aromatic carbocycles. The first-order valence-corrected chi connectivity index (χ1v) is 2.34. The number of carboxylic acids is 1. The molecule has 2 heteroatoms. The summed E-state index contributed by atoms with van der Waals surface area (Å²) in [6, 6.07) is 0. The van der Waals surface area contributed by atoms with Crippen LogP contribution in [-0.2, 0) is 4.79 Å². The van der Waals surface area contributed by atoms with E-state index in [4.69, 9.17) is 5.11 Å². The van der Waals surface area contributed by atoms with E-state index in [2.05, 4.69) is 0 Å². The number of hydrogen-bond acceptors (Lipinski definition) is 1. The molecule has 7 heavy (non-hydrogen) atoms. The van der Waals surface area contributed by atoms with Crippen LogP contribution in [0.25, 0.3) is 0 Å². The van der Waals surface area contributed by atoms with Gasteiger partial charge in [-0.05, 0) is 5.92 Å². The summed E-state index contributed by atoms with van der Waals surface area (Å²) in [7, 11) is 0. The Kier molecular flexibility index (Phi) is 2.41. The van der Waals surface area contributed by atoms with Crippen molar-refractivity contribution < 1.29 is 9.90 Å². The molecular formula is C5H10O2. The lowest BCUT2D eigenvalue weighted by Gasteiger charge is -1.94. The van der Waals surface area contributed by atoms with E-state index in [1.54, 1.807) is 0 Å². The average Bonchev–Trinajstić information content (AvgIpc) is 1.27. The van der Waals surface area contributed by atoms with Crippen molar-refractivity contribution in [3.8, 4) is 0 Å². The van der Waals surface area contributed by atoms with Gasteiger partial charge in [-0.2, -0.15) is 0 Å². The fourth-order valence-corrected chi connectivity index (χ4v) is 0.349. The van der Waals surface area contributed by atoms with Crippen LogP contribution in [0.3, 0.4) is 0 Å². The van der Waals surface area contributed by atoms with Crippen molar-refractivity contribution in [1.29, 1.82) is 0 Å². The van der Waals surface area contributed by atoms with Gasteiger partial charge in [-0.1, -0.05) is 13.8 Å². The average molecular weight is 103 g/mol. The maximum Gasteiger partial charge on any atom is 0.303 e. The second-order valence-electron chi connectivity index (χ2n) is 1.99. The summed E-state index contributed by atoms with van der Waals surface area (Å²) in [6.07, 6.45) is 0.278. The molecule has 0 amide bonds. The monoisotopic (exact) mass is 103 g/mol. The molecule has 0 heterocycles. The van der Waals surface area contributed by atoms with Crippen molar-refractivity contribution in [2.45, 2.75) is 20.3 Å². The molecule has 0 fully saturated rings. The van der Waals surface area contributed by atoms with Crippen molar-refractivity contribution in [2.24, 2.45) is 5.92 Å². The van der Waals surface area contributed by atoms with Crippen molar-refractivity contribution in [3.63, 3.8) is 0 Å². The number of rotatable bonds is 2. The SMILES string of the molecule is CC(C)C[13C](=O)O. The molecule has 0 aliphatic rings. The third-order valence-electron chi connectivity index (χ3n) is 0.583. The number of carboxylic acid groups (broad SMARTS) is 1. The molecule has 0 unspecified atom stereocenters. The maximum absolute atomic E-state index is 9.81. The molecule has 0 saturated heterocycles. The first kappa shape index (κ1) is 6.47. The van der Waals surface area contributed by atoms with Gasteiger partial charge in [-0.15, -0.1) is 0 Å². The summed E-state index contributed by atoms with van der Waals surface area (Å²) < 4.78 is 0. The van der Waals surface area contributed by atoms with Gasteiger partial charge in [0, 0.05) is 6.42 Å². The predicted molar refractivity (Wildman–Crippen MR) is 27.1 cm³/mol. The fraction of sp³-hybridized carbons (Fsp3) is 0.800. The van der Waals surface area contributed by atoms with Gasteiger partial charge in [0.15, 0.2) is 0 Å². The van der Waals surface area contributed by atoms with Crippen LogP contribution in [0.4, 0.5) is 0 Å². The molecule has 0 aromatic rings. The molecule has 0 rings (SSSR count). The van der Waals surface area contributed by atoms with E-state index in [1.165, 1.54) is 0 Å². The van der Waals surface area contributed by atoms with Gasteiger partial charge >= 0.3 is 5.97 Å². The summed E-state index contributed by atoms with van der Waals surface area (Å²) >= 11 is 0. The topological polar surface area (TPSA) is 37.3 Å². The summed E-state index contributed by atoms with van der Waals surface area (Å²) in [5, 5.41) is 8.08. The molecule has 1 N–H and O–H groups in total. The molecular weight excluding hydrogens is 93.0 g/mol. The normalized spacial score (nSPS) is 9.57. The van der Waals surface area contributed by atoms with Crippen LogP contribution in [0.5, 0.6) is 0 Å². The number of carbonyl (C=O) groups is 1. The van der Waals surface area contributed by atoms with E-state index >= 15 is 0 Å². The Morgan fingerprint density at radius 2 is 2.14 bits per heavy atom. The van der Waals surface area contributed by atoms with Gasteiger partial charge in [0.1, 0.15) is 0 Å². The Hall–Kier alpha value is -0.530. The number of hydrogen-bond donors (Lipinski definition) is 1. The zero-order valence-corrected chi connectivity index (χ0v) is 4.64. The first-order chi connectivity index (χ1) is 3.13. The van der Waals surface area contributed by atoms with Gasteiger partial charge in [-0.25, -0.2) is 0 Å². The zero-order chi connectivity index (χ0) is 5.86. The van der Waals surface area contributed by atoms with Gasteiger partial charge in [-0.3, -0.25) is 4.79 Å². The highest BCUT2D eigenvalue weighted by atomic mass is 16.5. The standard InChI is InChI=1S/C5H10O2/c1-4(2)3-5(6)7/h4H,3H2,1-2H3,(H,6,7)/i5+1. The van der Waals surface area contributed by atoms with E-state index < -0.39 is 5.97 Å². The minimum absolute atomic E-state index is 0.275. The van der Waals surface area contributed by atoms with Crippen LogP contribution in [0.2, 0.25) is 0 Å². The van der Waals surface area contributed by atoms with Crippen LogP contribution in [-0.4, -0.2) is 11.1 Å². The van der Waals surface area contributed by atoms with Crippen LogP contribution < -0.4 is 0 Å². The van der Waals surface area contributed by atoms with Gasteiger partial charge < -0.3 is 5.11 Å². The molecule has 0 aliphatic carbocycles. The molecule has 0 spiro atoms. The summed E-state index contributed by atoms with van der Waals surface area (Å²) in [6.45, 7) is 3.77. The molecule has 2 nitrogen and oxygen atoms in total. The van der Waals surface area contributed by atoms with E-state index in [9.17, 15) is 4.79 Å². The Labute approximate surface area is 43.2 Å². The lowest BCUT2D eigenvalue weighted by molar-refractivity contribution is -0.137. The highest BCUT2D eigenvalue weighted by molar-refractivity contribution is 5.66. The molecule has 42 valence electrons.